The van der Waals surface area contributed by atoms with Gasteiger partial charge in [-0.25, -0.2) is 0 Å². The van der Waals surface area contributed by atoms with Crippen molar-refractivity contribution in [1.82, 2.24) is 10.2 Å². The van der Waals surface area contributed by atoms with Crippen molar-refractivity contribution in [2.75, 3.05) is 19.6 Å². The molecule has 0 radical (unpaired) electrons. The van der Waals surface area contributed by atoms with Crippen LogP contribution in [0.2, 0.25) is 0 Å². The van der Waals surface area contributed by atoms with Gasteiger partial charge in [0.25, 0.3) is 0 Å². The average Bonchev–Trinajstić information content (AvgIpc) is 2.69. The van der Waals surface area contributed by atoms with Crippen LogP contribution in [0.4, 0.5) is 0 Å². The molecule has 2 fully saturated rings. The van der Waals surface area contributed by atoms with Gasteiger partial charge < -0.3 is 11.1 Å². The van der Waals surface area contributed by atoms with E-state index in [9.17, 15) is 4.79 Å². The van der Waals surface area contributed by atoms with E-state index in [0.29, 0.717) is 23.5 Å². The Labute approximate surface area is 127 Å². The van der Waals surface area contributed by atoms with Crippen molar-refractivity contribution in [3.8, 4) is 0 Å². The second-order valence-electron chi connectivity index (χ2n) is 6.21. The number of rotatable bonds is 4. The summed E-state index contributed by atoms with van der Waals surface area (Å²) in [6.45, 7) is 2.67. The highest BCUT2D eigenvalue weighted by Gasteiger charge is 2.25. The number of hydrogen-bond donors (Lipinski definition) is 2. The molecular weight excluding hydrogens is 270 g/mol. The molecule has 5 heteroatoms. The molecule has 0 unspecified atom stereocenters. The summed E-state index contributed by atoms with van der Waals surface area (Å²) in [5, 5.41) is 3.26. The number of hydrogen-bond acceptors (Lipinski definition) is 3. The quantitative estimate of drug-likeness (QED) is 0.614. The van der Waals surface area contributed by atoms with Crippen LogP contribution >= 0.6 is 12.2 Å². The Hall–Kier alpha value is -0.680. The maximum atomic E-state index is 12.3. The van der Waals surface area contributed by atoms with Crippen molar-refractivity contribution < 1.29 is 4.79 Å². The lowest BCUT2D eigenvalue weighted by Crippen LogP contribution is -2.47. The summed E-state index contributed by atoms with van der Waals surface area (Å²) < 4.78 is 0. The Kier molecular flexibility index (Phi) is 6.23. The van der Waals surface area contributed by atoms with Gasteiger partial charge in [0.2, 0.25) is 5.91 Å². The summed E-state index contributed by atoms with van der Waals surface area (Å²) in [4.78, 5) is 15.1. The fourth-order valence-electron chi connectivity index (χ4n) is 3.32. The number of likely N-dealkylation sites (tertiary alicyclic amines) is 1. The molecule has 0 spiro atoms. The van der Waals surface area contributed by atoms with Gasteiger partial charge in [0.05, 0.1) is 4.99 Å². The van der Waals surface area contributed by atoms with E-state index >= 15 is 0 Å². The van der Waals surface area contributed by atoms with E-state index in [-0.39, 0.29) is 5.92 Å². The minimum Gasteiger partial charge on any atom is -0.392 e. The largest absolute Gasteiger partial charge is 0.392 e. The lowest BCUT2D eigenvalue weighted by atomic mass is 9.97. The molecule has 114 valence electrons. The standard InChI is InChI=1S/C15H27N3OS/c16-14(20)11-18-9-7-13(8-10-18)17-15(19)12-5-3-1-2-4-6-12/h12-13H,1-11H2,(H2,16,20)(H,17,19). The topological polar surface area (TPSA) is 58.4 Å². The van der Waals surface area contributed by atoms with Crippen LogP contribution in [0.25, 0.3) is 0 Å². The van der Waals surface area contributed by atoms with Crippen molar-refractivity contribution >= 4 is 23.1 Å². The van der Waals surface area contributed by atoms with Gasteiger partial charge in [-0.1, -0.05) is 37.9 Å². The Bertz CT molecular complexity index is 332. The van der Waals surface area contributed by atoms with E-state index < -0.39 is 0 Å². The maximum Gasteiger partial charge on any atom is 0.223 e. The molecule has 1 saturated heterocycles. The minimum atomic E-state index is 0.257. The van der Waals surface area contributed by atoms with Crippen molar-refractivity contribution in [1.29, 1.82) is 0 Å². The van der Waals surface area contributed by atoms with Crippen LogP contribution in [0, 0.1) is 5.92 Å². The van der Waals surface area contributed by atoms with Crippen LogP contribution in [-0.4, -0.2) is 41.5 Å². The van der Waals surface area contributed by atoms with E-state index in [1.54, 1.807) is 0 Å². The van der Waals surface area contributed by atoms with Gasteiger partial charge in [-0.3, -0.25) is 9.69 Å². The Morgan fingerprint density at radius 2 is 1.70 bits per heavy atom. The molecule has 4 nitrogen and oxygen atoms in total. The number of thiocarbonyl (C=S) groups is 1. The molecule has 1 saturated carbocycles. The molecule has 1 aliphatic carbocycles. The molecule has 2 aliphatic rings. The normalized spacial score (nSPS) is 23.2. The smallest absolute Gasteiger partial charge is 0.223 e. The van der Waals surface area contributed by atoms with Crippen molar-refractivity contribution in [2.24, 2.45) is 11.7 Å². The molecule has 1 aliphatic heterocycles. The van der Waals surface area contributed by atoms with E-state index in [1.807, 2.05) is 0 Å². The predicted molar refractivity (Wildman–Crippen MR) is 85.6 cm³/mol. The first-order chi connectivity index (χ1) is 9.65. The predicted octanol–water partition coefficient (Wildman–Crippen LogP) is 1.82. The first kappa shape index (κ1) is 15.7. The van der Waals surface area contributed by atoms with E-state index in [0.717, 1.165) is 38.8 Å². The first-order valence-electron chi connectivity index (χ1n) is 7.96. The second kappa shape index (κ2) is 7.93. The molecule has 0 atom stereocenters. The number of carbonyl (C=O) groups excluding carboxylic acids is 1. The van der Waals surface area contributed by atoms with Crippen molar-refractivity contribution in [3.05, 3.63) is 0 Å². The molecule has 3 N–H and O–H groups in total. The summed E-state index contributed by atoms with van der Waals surface area (Å²) in [6, 6.07) is 0.341. The fraction of sp³-hybridized carbons (Fsp3) is 0.867. The van der Waals surface area contributed by atoms with E-state index in [1.165, 1.54) is 25.7 Å². The molecule has 1 heterocycles. The van der Waals surface area contributed by atoms with Gasteiger partial charge in [-0.2, -0.15) is 0 Å². The summed E-state index contributed by atoms with van der Waals surface area (Å²) in [5.74, 6) is 0.548. The van der Waals surface area contributed by atoms with E-state index in [2.05, 4.69) is 10.2 Å². The van der Waals surface area contributed by atoms with Crippen LogP contribution in [0.3, 0.4) is 0 Å². The Morgan fingerprint density at radius 3 is 2.25 bits per heavy atom. The third-order valence-corrected chi connectivity index (χ3v) is 4.67. The van der Waals surface area contributed by atoms with E-state index in [4.69, 9.17) is 18.0 Å². The van der Waals surface area contributed by atoms with Gasteiger partial charge in [0.1, 0.15) is 0 Å². The highest BCUT2D eigenvalue weighted by Crippen LogP contribution is 2.23. The number of carbonyl (C=O) groups is 1. The summed E-state index contributed by atoms with van der Waals surface area (Å²) in [5.41, 5.74) is 5.57. The van der Waals surface area contributed by atoms with Gasteiger partial charge in [0, 0.05) is 31.6 Å². The molecule has 0 aromatic carbocycles. The molecule has 0 aromatic rings. The number of nitrogens with one attached hydrogen (secondary N) is 1. The van der Waals surface area contributed by atoms with Crippen LogP contribution in [0.15, 0.2) is 0 Å². The molecule has 2 rings (SSSR count). The van der Waals surface area contributed by atoms with Crippen molar-refractivity contribution in [2.45, 2.75) is 57.4 Å². The zero-order valence-corrected chi connectivity index (χ0v) is 13.1. The van der Waals surface area contributed by atoms with Crippen molar-refractivity contribution in [3.63, 3.8) is 0 Å². The third kappa shape index (κ3) is 5.02. The molecule has 0 bridgehead atoms. The number of amides is 1. The second-order valence-corrected chi connectivity index (χ2v) is 6.74. The third-order valence-electron chi connectivity index (χ3n) is 4.54. The van der Waals surface area contributed by atoms with Gasteiger partial charge in [-0.05, 0) is 25.7 Å². The van der Waals surface area contributed by atoms with Gasteiger partial charge >= 0.3 is 0 Å². The molecular formula is C15H27N3OS. The Balaban J connectivity index is 1.71. The zero-order chi connectivity index (χ0) is 14.4. The summed E-state index contributed by atoms with van der Waals surface area (Å²) in [7, 11) is 0. The number of piperidine rings is 1. The van der Waals surface area contributed by atoms with Crippen LogP contribution < -0.4 is 11.1 Å². The fourth-order valence-corrected chi connectivity index (χ4v) is 3.50. The minimum absolute atomic E-state index is 0.257. The lowest BCUT2D eigenvalue weighted by molar-refractivity contribution is -0.126. The highest BCUT2D eigenvalue weighted by atomic mass is 32.1. The van der Waals surface area contributed by atoms with Gasteiger partial charge in [0.15, 0.2) is 0 Å². The number of nitrogens with two attached hydrogens (primary N) is 1. The summed E-state index contributed by atoms with van der Waals surface area (Å²) >= 11 is 4.94. The maximum absolute atomic E-state index is 12.3. The first-order valence-corrected chi connectivity index (χ1v) is 8.37. The average molecular weight is 297 g/mol. The molecule has 0 aromatic heterocycles. The Morgan fingerprint density at radius 1 is 1.10 bits per heavy atom. The SMILES string of the molecule is NC(=S)CN1CCC(NC(=O)C2CCCCCC2)CC1. The van der Waals surface area contributed by atoms with Crippen LogP contribution in [0.1, 0.15) is 51.4 Å². The number of nitrogens with zero attached hydrogens (tertiary/aromatic N) is 1. The monoisotopic (exact) mass is 297 g/mol. The summed E-state index contributed by atoms with van der Waals surface area (Å²) in [6.07, 6.45) is 9.19. The highest BCUT2D eigenvalue weighted by molar-refractivity contribution is 7.80. The van der Waals surface area contributed by atoms with Gasteiger partial charge in [-0.15, -0.1) is 0 Å². The lowest BCUT2D eigenvalue weighted by Gasteiger charge is -2.32. The van der Waals surface area contributed by atoms with Crippen LogP contribution in [0.5, 0.6) is 0 Å². The van der Waals surface area contributed by atoms with Crippen LogP contribution in [-0.2, 0) is 4.79 Å². The zero-order valence-electron chi connectivity index (χ0n) is 12.3. The molecule has 20 heavy (non-hydrogen) atoms. The molecule has 1 amide bonds.